The summed E-state index contributed by atoms with van der Waals surface area (Å²) >= 11 is 0. The molecule has 0 spiro atoms. The fourth-order valence-corrected chi connectivity index (χ4v) is 2.36. The van der Waals surface area contributed by atoms with Gasteiger partial charge in [0.05, 0.1) is 0 Å². The van der Waals surface area contributed by atoms with Crippen LogP contribution in [0.5, 0.6) is 0 Å². The molecule has 0 unspecified atom stereocenters. The van der Waals surface area contributed by atoms with Gasteiger partial charge in [0.15, 0.2) is 0 Å². The smallest absolute Gasteiger partial charge is 0.0480 e. The third-order valence-electron chi connectivity index (χ3n) is 3.28. The average molecular weight is 244 g/mol. The molecule has 0 amide bonds. The number of nitrogens with one attached hydrogen (secondary N) is 1. The SMILES string of the molecule is Cc1ccc2c(c1)c(CCNC(C)(C)C)cn2C. The highest BCUT2D eigenvalue weighted by Crippen LogP contribution is 2.22. The van der Waals surface area contributed by atoms with Crippen LogP contribution in [0, 0.1) is 6.92 Å². The van der Waals surface area contributed by atoms with E-state index in [0.29, 0.717) is 0 Å². The maximum atomic E-state index is 3.55. The Balaban J connectivity index is 2.20. The second-order valence-electron chi connectivity index (χ2n) is 6.21. The Kier molecular flexibility index (Phi) is 3.49. The number of hydrogen-bond donors (Lipinski definition) is 1. The first-order chi connectivity index (χ1) is 8.37. The first-order valence-electron chi connectivity index (χ1n) is 6.66. The van der Waals surface area contributed by atoms with Gasteiger partial charge in [0.25, 0.3) is 0 Å². The third-order valence-corrected chi connectivity index (χ3v) is 3.28. The van der Waals surface area contributed by atoms with E-state index in [2.05, 4.69) is 69.0 Å². The van der Waals surface area contributed by atoms with Crippen molar-refractivity contribution >= 4 is 10.9 Å². The van der Waals surface area contributed by atoms with E-state index >= 15 is 0 Å². The van der Waals surface area contributed by atoms with E-state index in [9.17, 15) is 0 Å². The van der Waals surface area contributed by atoms with E-state index in [1.165, 1.54) is 22.0 Å². The molecule has 0 bridgehead atoms. The second-order valence-corrected chi connectivity index (χ2v) is 6.21. The summed E-state index contributed by atoms with van der Waals surface area (Å²) in [4.78, 5) is 0. The molecule has 0 saturated heterocycles. The Bertz CT molecular complexity index is 544. The first-order valence-corrected chi connectivity index (χ1v) is 6.66. The Hall–Kier alpha value is -1.28. The van der Waals surface area contributed by atoms with Gasteiger partial charge in [-0.25, -0.2) is 0 Å². The number of fused-ring (bicyclic) bond motifs is 1. The van der Waals surface area contributed by atoms with Gasteiger partial charge >= 0.3 is 0 Å². The van der Waals surface area contributed by atoms with Crippen molar-refractivity contribution in [2.24, 2.45) is 7.05 Å². The van der Waals surface area contributed by atoms with Gasteiger partial charge in [-0.2, -0.15) is 0 Å². The van der Waals surface area contributed by atoms with Crippen LogP contribution in [0.3, 0.4) is 0 Å². The molecule has 2 heteroatoms. The van der Waals surface area contributed by atoms with Crippen molar-refractivity contribution in [3.8, 4) is 0 Å². The zero-order valence-corrected chi connectivity index (χ0v) is 12.2. The van der Waals surface area contributed by atoms with Crippen LogP contribution in [-0.2, 0) is 13.5 Å². The summed E-state index contributed by atoms with van der Waals surface area (Å²) in [6.07, 6.45) is 3.34. The molecular formula is C16H24N2. The third kappa shape index (κ3) is 2.94. The van der Waals surface area contributed by atoms with Crippen molar-refractivity contribution in [2.45, 2.75) is 39.7 Å². The Labute approximate surface area is 110 Å². The normalized spacial score (nSPS) is 12.3. The van der Waals surface area contributed by atoms with E-state index < -0.39 is 0 Å². The van der Waals surface area contributed by atoms with Gasteiger partial charge in [0.1, 0.15) is 0 Å². The minimum absolute atomic E-state index is 0.195. The fraction of sp³-hybridized carbons (Fsp3) is 0.500. The molecule has 0 aliphatic carbocycles. The molecule has 2 aromatic rings. The van der Waals surface area contributed by atoms with E-state index in [4.69, 9.17) is 0 Å². The van der Waals surface area contributed by atoms with Gasteiger partial charge in [0, 0.05) is 29.7 Å². The predicted molar refractivity (Wildman–Crippen MR) is 79.1 cm³/mol. The summed E-state index contributed by atoms with van der Waals surface area (Å²) in [5.41, 5.74) is 4.29. The molecule has 18 heavy (non-hydrogen) atoms. The standard InChI is InChI=1S/C16H24N2/c1-12-6-7-15-14(10-12)13(11-18(15)5)8-9-17-16(2,3)4/h6-7,10-11,17H,8-9H2,1-5H3. The summed E-state index contributed by atoms with van der Waals surface area (Å²) in [5, 5.41) is 4.95. The zero-order chi connectivity index (χ0) is 13.3. The van der Waals surface area contributed by atoms with Crippen LogP contribution in [0.1, 0.15) is 31.9 Å². The Morgan fingerprint density at radius 2 is 1.94 bits per heavy atom. The highest BCUT2D eigenvalue weighted by atomic mass is 14.9. The molecular weight excluding hydrogens is 220 g/mol. The number of aromatic nitrogens is 1. The lowest BCUT2D eigenvalue weighted by Crippen LogP contribution is -2.37. The molecule has 98 valence electrons. The molecule has 1 aromatic carbocycles. The minimum Gasteiger partial charge on any atom is -0.350 e. The maximum Gasteiger partial charge on any atom is 0.0480 e. The molecule has 0 aliphatic rings. The van der Waals surface area contributed by atoms with Crippen molar-refractivity contribution in [1.82, 2.24) is 9.88 Å². The molecule has 1 heterocycles. The lowest BCUT2D eigenvalue weighted by molar-refractivity contribution is 0.430. The second kappa shape index (κ2) is 4.77. The van der Waals surface area contributed by atoms with E-state index in [-0.39, 0.29) is 5.54 Å². The van der Waals surface area contributed by atoms with Gasteiger partial charge in [0.2, 0.25) is 0 Å². The van der Waals surface area contributed by atoms with Crippen molar-refractivity contribution < 1.29 is 0 Å². The Morgan fingerprint density at radius 3 is 2.61 bits per heavy atom. The molecule has 0 saturated carbocycles. The number of aryl methyl sites for hydroxylation is 2. The van der Waals surface area contributed by atoms with Crippen LogP contribution in [0.25, 0.3) is 10.9 Å². The van der Waals surface area contributed by atoms with E-state index in [0.717, 1.165) is 13.0 Å². The van der Waals surface area contributed by atoms with Crippen molar-refractivity contribution in [1.29, 1.82) is 0 Å². The molecule has 0 radical (unpaired) electrons. The van der Waals surface area contributed by atoms with E-state index in [1.54, 1.807) is 0 Å². The highest BCUT2D eigenvalue weighted by molar-refractivity contribution is 5.84. The Morgan fingerprint density at radius 1 is 1.22 bits per heavy atom. The largest absolute Gasteiger partial charge is 0.350 e. The number of hydrogen-bond acceptors (Lipinski definition) is 1. The van der Waals surface area contributed by atoms with Gasteiger partial charge in [-0.1, -0.05) is 11.6 Å². The van der Waals surface area contributed by atoms with Gasteiger partial charge < -0.3 is 9.88 Å². The lowest BCUT2D eigenvalue weighted by Gasteiger charge is -2.20. The average Bonchev–Trinajstić information content (AvgIpc) is 2.54. The van der Waals surface area contributed by atoms with Gasteiger partial charge in [-0.15, -0.1) is 0 Å². The molecule has 1 N–H and O–H groups in total. The summed E-state index contributed by atoms with van der Waals surface area (Å²) < 4.78 is 2.22. The summed E-state index contributed by atoms with van der Waals surface area (Å²) in [5.74, 6) is 0. The predicted octanol–water partition coefficient (Wildman–Crippen LogP) is 3.42. The molecule has 2 nitrogen and oxygen atoms in total. The lowest BCUT2D eigenvalue weighted by atomic mass is 10.1. The van der Waals surface area contributed by atoms with Gasteiger partial charge in [-0.05, 0) is 58.4 Å². The molecule has 1 aromatic heterocycles. The van der Waals surface area contributed by atoms with Crippen molar-refractivity contribution in [2.75, 3.05) is 6.54 Å². The molecule has 0 atom stereocenters. The van der Waals surface area contributed by atoms with Crippen molar-refractivity contribution in [3.05, 3.63) is 35.5 Å². The minimum atomic E-state index is 0.195. The monoisotopic (exact) mass is 244 g/mol. The van der Waals surface area contributed by atoms with Crippen LogP contribution in [0.15, 0.2) is 24.4 Å². The maximum absolute atomic E-state index is 3.55. The van der Waals surface area contributed by atoms with Crippen LogP contribution in [0.2, 0.25) is 0 Å². The zero-order valence-electron chi connectivity index (χ0n) is 12.2. The number of benzene rings is 1. The summed E-state index contributed by atoms with van der Waals surface area (Å²) in [6.45, 7) is 9.81. The molecule has 0 fully saturated rings. The quantitative estimate of drug-likeness (QED) is 0.875. The first kappa shape index (κ1) is 13.2. The number of rotatable bonds is 3. The molecule has 0 aliphatic heterocycles. The van der Waals surface area contributed by atoms with Crippen LogP contribution in [-0.4, -0.2) is 16.7 Å². The van der Waals surface area contributed by atoms with Crippen molar-refractivity contribution in [3.63, 3.8) is 0 Å². The van der Waals surface area contributed by atoms with Crippen LogP contribution in [0.4, 0.5) is 0 Å². The topological polar surface area (TPSA) is 17.0 Å². The van der Waals surface area contributed by atoms with Crippen LogP contribution < -0.4 is 5.32 Å². The number of nitrogens with zero attached hydrogens (tertiary/aromatic N) is 1. The summed E-state index contributed by atoms with van der Waals surface area (Å²) in [7, 11) is 2.12. The molecule has 2 rings (SSSR count). The van der Waals surface area contributed by atoms with Crippen LogP contribution >= 0.6 is 0 Å². The van der Waals surface area contributed by atoms with Gasteiger partial charge in [-0.3, -0.25) is 0 Å². The van der Waals surface area contributed by atoms with E-state index in [1.807, 2.05) is 0 Å². The summed E-state index contributed by atoms with van der Waals surface area (Å²) in [6, 6.07) is 6.69. The highest BCUT2D eigenvalue weighted by Gasteiger charge is 2.10. The fourth-order valence-electron chi connectivity index (χ4n) is 2.36.